The molecule has 0 heterocycles. The van der Waals surface area contributed by atoms with Crippen molar-refractivity contribution in [2.75, 3.05) is 7.11 Å². The lowest BCUT2D eigenvalue weighted by Crippen LogP contribution is -2.55. The number of nitrogens with zero attached hydrogens (tertiary/aromatic N) is 1. The van der Waals surface area contributed by atoms with Crippen LogP contribution in [0.1, 0.15) is 32.1 Å². The molecule has 0 amide bonds. The Hall–Kier alpha value is -2.11. The Bertz CT molecular complexity index is 592. The maximum atomic E-state index is 12.0. The van der Waals surface area contributed by atoms with Crippen LogP contribution in [-0.2, 0) is 4.79 Å². The molecule has 3 rings (SSSR count). The number of benzene rings is 1. The van der Waals surface area contributed by atoms with E-state index in [1.807, 2.05) is 0 Å². The van der Waals surface area contributed by atoms with Gasteiger partial charge in [0.1, 0.15) is 11.9 Å². The van der Waals surface area contributed by atoms with Crippen LogP contribution >= 0.6 is 0 Å². The van der Waals surface area contributed by atoms with Crippen LogP contribution in [0.2, 0.25) is 0 Å². The summed E-state index contributed by atoms with van der Waals surface area (Å²) in [6.07, 6.45) is 4.16. The van der Waals surface area contributed by atoms with Gasteiger partial charge in [0, 0.05) is 12.5 Å². The standard InChI is InChI=1S/C15H17NO5/c1-20-12-8-10(16(18)19)4-5-11(12)21-14-9-13(17)15(14)6-2-3-7-15/h4-5,8,14H,2-3,6-7,9H2,1H3. The minimum Gasteiger partial charge on any atom is -0.493 e. The third-order valence-electron chi connectivity index (χ3n) is 4.67. The van der Waals surface area contributed by atoms with Crippen molar-refractivity contribution < 1.29 is 19.2 Å². The van der Waals surface area contributed by atoms with Gasteiger partial charge in [-0.15, -0.1) is 0 Å². The molecule has 21 heavy (non-hydrogen) atoms. The van der Waals surface area contributed by atoms with Gasteiger partial charge in [-0.3, -0.25) is 14.9 Å². The van der Waals surface area contributed by atoms with Crippen LogP contribution in [0.3, 0.4) is 0 Å². The molecule has 2 fully saturated rings. The molecule has 0 radical (unpaired) electrons. The number of hydrogen-bond donors (Lipinski definition) is 0. The Balaban J connectivity index is 1.82. The number of carbonyl (C=O) groups excluding carboxylic acids is 1. The van der Waals surface area contributed by atoms with Crippen molar-refractivity contribution in [3.05, 3.63) is 28.3 Å². The summed E-state index contributed by atoms with van der Waals surface area (Å²) in [6.45, 7) is 0. The highest BCUT2D eigenvalue weighted by molar-refractivity contribution is 5.92. The molecule has 1 aromatic carbocycles. The fourth-order valence-electron chi connectivity index (χ4n) is 3.40. The van der Waals surface area contributed by atoms with E-state index >= 15 is 0 Å². The molecule has 1 atom stereocenters. The molecule has 0 aromatic heterocycles. The minimum absolute atomic E-state index is 0.0422. The number of ketones is 1. The Morgan fingerprint density at radius 2 is 2.00 bits per heavy atom. The largest absolute Gasteiger partial charge is 0.493 e. The van der Waals surface area contributed by atoms with Gasteiger partial charge in [-0.2, -0.15) is 0 Å². The van der Waals surface area contributed by atoms with Crippen molar-refractivity contribution in [3.8, 4) is 11.5 Å². The number of nitro groups is 1. The highest BCUT2D eigenvalue weighted by Gasteiger charge is 2.57. The predicted molar refractivity (Wildman–Crippen MR) is 74.6 cm³/mol. The Morgan fingerprint density at radius 1 is 1.29 bits per heavy atom. The van der Waals surface area contributed by atoms with E-state index in [1.54, 1.807) is 6.07 Å². The Kier molecular flexibility index (Phi) is 3.31. The number of hydrogen-bond acceptors (Lipinski definition) is 5. The number of nitro benzene ring substituents is 1. The van der Waals surface area contributed by atoms with Crippen molar-refractivity contribution in [2.45, 2.75) is 38.2 Å². The maximum Gasteiger partial charge on any atom is 0.273 e. The SMILES string of the molecule is COc1cc([N+](=O)[O-])ccc1OC1CC(=O)C12CCCC2. The van der Waals surface area contributed by atoms with Crippen molar-refractivity contribution in [1.82, 2.24) is 0 Å². The minimum atomic E-state index is -0.475. The van der Waals surface area contributed by atoms with Gasteiger partial charge in [0.05, 0.1) is 23.5 Å². The quantitative estimate of drug-likeness (QED) is 0.629. The number of rotatable bonds is 4. The summed E-state index contributed by atoms with van der Waals surface area (Å²) in [5, 5.41) is 10.8. The first-order valence-electron chi connectivity index (χ1n) is 7.09. The molecule has 1 aromatic rings. The fourth-order valence-corrected chi connectivity index (χ4v) is 3.40. The first-order chi connectivity index (χ1) is 10.1. The van der Waals surface area contributed by atoms with Gasteiger partial charge < -0.3 is 9.47 Å². The molecule has 2 saturated carbocycles. The molecule has 0 bridgehead atoms. The first-order valence-corrected chi connectivity index (χ1v) is 7.09. The van der Waals surface area contributed by atoms with Gasteiger partial charge in [0.2, 0.25) is 0 Å². The average molecular weight is 291 g/mol. The fraction of sp³-hybridized carbons (Fsp3) is 0.533. The van der Waals surface area contributed by atoms with E-state index in [-0.39, 0.29) is 23.0 Å². The van der Waals surface area contributed by atoms with Gasteiger partial charge in [-0.05, 0) is 18.9 Å². The topological polar surface area (TPSA) is 78.7 Å². The number of Topliss-reactive ketones (excluding diaryl/α,β-unsaturated/α-hetero) is 1. The number of non-ortho nitro benzene ring substituents is 1. The predicted octanol–water partition coefficient (Wildman–Crippen LogP) is 2.88. The highest BCUT2D eigenvalue weighted by Crippen LogP contribution is 2.52. The second-order valence-electron chi connectivity index (χ2n) is 5.69. The number of ether oxygens (including phenoxy) is 2. The van der Waals surface area contributed by atoms with Gasteiger partial charge in [0.25, 0.3) is 5.69 Å². The molecule has 0 N–H and O–H groups in total. The highest BCUT2D eigenvalue weighted by atomic mass is 16.6. The van der Waals surface area contributed by atoms with Crippen LogP contribution in [0.25, 0.3) is 0 Å². The van der Waals surface area contributed by atoms with E-state index in [0.717, 1.165) is 25.7 Å². The Labute approximate surface area is 122 Å². The number of carbonyl (C=O) groups is 1. The molecule has 2 aliphatic rings. The molecule has 0 aliphatic heterocycles. The molecule has 1 unspecified atom stereocenters. The zero-order valence-corrected chi connectivity index (χ0v) is 11.8. The van der Waals surface area contributed by atoms with E-state index in [9.17, 15) is 14.9 Å². The second kappa shape index (κ2) is 5.02. The van der Waals surface area contributed by atoms with Gasteiger partial charge >= 0.3 is 0 Å². The summed E-state index contributed by atoms with van der Waals surface area (Å²) in [5.74, 6) is 1.08. The average Bonchev–Trinajstić information content (AvgIpc) is 2.99. The van der Waals surface area contributed by atoms with Gasteiger partial charge in [-0.1, -0.05) is 12.8 Å². The molecule has 0 saturated heterocycles. The smallest absolute Gasteiger partial charge is 0.273 e. The second-order valence-corrected chi connectivity index (χ2v) is 5.69. The summed E-state index contributed by atoms with van der Waals surface area (Å²) in [5.41, 5.74) is -0.369. The third-order valence-corrected chi connectivity index (χ3v) is 4.67. The van der Waals surface area contributed by atoms with E-state index in [2.05, 4.69) is 0 Å². The summed E-state index contributed by atoms with van der Waals surface area (Å²) >= 11 is 0. The van der Waals surface area contributed by atoms with Crippen molar-refractivity contribution in [1.29, 1.82) is 0 Å². The number of methoxy groups -OCH3 is 1. The molecular weight excluding hydrogens is 274 g/mol. The van der Waals surface area contributed by atoms with E-state index in [0.29, 0.717) is 17.9 Å². The van der Waals surface area contributed by atoms with Crippen molar-refractivity contribution >= 4 is 11.5 Å². The lowest BCUT2D eigenvalue weighted by Gasteiger charge is -2.44. The molecule has 6 heteroatoms. The molecule has 6 nitrogen and oxygen atoms in total. The van der Waals surface area contributed by atoms with E-state index < -0.39 is 4.92 Å². The monoisotopic (exact) mass is 291 g/mol. The molecule has 2 aliphatic carbocycles. The van der Waals surface area contributed by atoms with E-state index in [4.69, 9.17) is 9.47 Å². The van der Waals surface area contributed by atoms with Crippen LogP contribution in [0.5, 0.6) is 11.5 Å². The lowest BCUT2D eigenvalue weighted by molar-refractivity contribution is -0.385. The summed E-state index contributed by atoms with van der Waals surface area (Å²) in [7, 11) is 1.45. The van der Waals surface area contributed by atoms with Gasteiger partial charge in [0.15, 0.2) is 11.5 Å². The van der Waals surface area contributed by atoms with Crippen LogP contribution in [0, 0.1) is 15.5 Å². The summed E-state index contributed by atoms with van der Waals surface area (Å²) in [4.78, 5) is 22.3. The van der Waals surface area contributed by atoms with Crippen molar-refractivity contribution in [3.63, 3.8) is 0 Å². The zero-order valence-electron chi connectivity index (χ0n) is 11.8. The normalized spacial score (nSPS) is 22.9. The molecule has 1 spiro atoms. The summed E-state index contributed by atoms with van der Waals surface area (Å²) < 4.78 is 11.1. The lowest BCUT2D eigenvalue weighted by atomic mass is 9.63. The summed E-state index contributed by atoms with van der Waals surface area (Å²) in [6, 6.07) is 4.28. The maximum absolute atomic E-state index is 12.0. The molecular formula is C15H17NO5. The van der Waals surface area contributed by atoms with E-state index in [1.165, 1.54) is 19.2 Å². The van der Waals surface area contributed by atoms with Crippen LogP contribution < -0.4 is 9.47 Å². The zero-order chi connectivity index (χ0) is 15.0. The molecule has 112 valence electrons. The first kappa shape index (κ1) is 13.9. The van der Waals surface area contributed by atoms with Crippen LogP contribution in [-0.4, -0.2) is 23.9 Å². The third kappa shape index (κ3) is 2.14. The Morgan fingerprint density at radius 3 is 2.57 bits per heavy atom. The van der Waals surface area contributed by atoms with Crippen LogP contribution in [0.15, 0.2) is 18.2 Å². The van der Waals surface area contributed by atoms with Gasteiger partial charge in [-0.25, -0.2) is 0 Å². The van der Waals surface area contributed by atoms with Crippen molar-refractivity contribution in [2.24, 2.45) is 5.41 Å². The van der Waals surface area contributed by atoms with Crippen LogP contribution in [0.4, 0.5) is 5.69 Å².